The topological polar surface area (TPSA) is 78.5 Å². The van der Waals surface area contributed by atoms with E-state index in [-0.39, 0.29) is 17.7 Å². The third-order valence-electron chi connectivity index (χ3n) is 3.90. The Bertz CT molecular complexity index is 417. The zero-order valence-corrected chi connectivity index (χ0v) is 14.2. The number of piperidine rings is 1. The Kier molecular flexibility index (Phi) is 7.62. The number of sulfonamides is 1. The van der Waals surface area contributed by atoms with Gasteiger partial charge in [-0.1, -0.05) is 13.8 Å². The average Bonchev–Trinajstić information content (AvgIpc) is 2.45. The molecule has 1 unspecified atom stereocenters. The van der Waals surface area contributed by atoms with Gasteiger partial charge in [0.2, 0.25) is 15.9 Å². The molecular formula is C14H29N3O3S. The van der Waals surface area contributed by atoms with Crippen LogP contribution in [-0.2, 0) is 14.8 Å². The lowest BCUT2D eigenvalue weighted by molar-refractivity contribution is -0.121. The van der Waals surface area contributed by atoms with Crippen LogP contribution >= 0.6 is 0 Å². The van der Waals surface area contributed by atoms with Crippen LogP contribution in [0.15, 0.2) is 0 Å². The smallest absolute Gasteiger partial charge is 0.234 e. The molecule has 1 aliphatic rings. The van der Waals surface area contributed by atoms with Crippen LogP contribution in [0.2, 0.25) is 0 Å². The van der Waals surface area contributed by atoms with Gasteiger partial charge in [0.05, 0.1) is 12.3 Å². The highest BCUT2D eigenvalue weighted by atomic mass is 32.2. The summed E-state index contributed by atoms with van der Waals surface area (Å²) in [6.45, 7) is 7.32. The Balaban J connectivity index is 2.32. The van der Waals surface area contributed by atoms with Gasteiger partial charge in [0.25, 0.3) is 0 Å². The number of amides is 1. The summed E-state index contributed by atoms with van der Waals surface area (Å²) in [5.41, 5.74) is 0. The molecule has 21 heavy (non-hydrogen) atoms. The van der Waals surface area contributed by atoms with Crippen LogP contribution in [0.1, 0.15) is 46.5 Å². The van der Waals surface area contributed by atoms with Crippen LogP contribution in [-0.4, -0.2) is 56.1 Å². The number of nitrogens with zero attached hydrogens (tertiary/aromatic N) is 1. The standard InChI is InChI=1S/C14H29N3O3S/c1-4-10-21(19,20)17-8-6-13(7-9-17)16-14(18)11-15-12(3)5-2/h12-13,15H,4-11H2,1-3H3,(H,16,18). The summed E-state index contributed by atoms with van der Waals surface area (Å²) < 4.78 is 25.5. The average molecular weight is 319 g/mol. The Morgan fingerprint density at radius 1 is 1.29 bits per heavy atom. The van der Waals surface area contributed by atoms with Gasteiger partial charge in [-0.15, -0.1) is 0 Å². The third-order valence-corrected chi connectivity index (χ3v) is 5.97. The predicted octanol–water partition coefficient (Wildman–Crippen LogP) is 0.695. The summed E-state index contributed by atoms with van der Waals surface area (Å²) in [7, 11) is -3.10. The normalized spacial score (nSPS) is 19.4. The molecule has 1 fully saturated rings. The Morgan fingerprint density at radius 3 is 2.43 bits per heavy atom. The van der Waals surface area contributed by atoms with E-state index in [0.29, 0.717) is 44.9 Å². The molecule has 0 bridgehead atoms. The lowest BCUT2D eigenvalue weighted by atomic mass is 10.1. The molecule has 0 radical (unpaired) electrons. The number of rotatable bonds is 8. The highest BCUT2D eigenvalue weighted by Crippen LogP contribution is 2.15. The molecule has 0 spiro atoms. The van der Waals surface area contributed by atoms with Gasteiger partial charge in [0, 0.05) is 25.2 Å². The van der Waals surface area contributed by atoms with Crippen molar-refractivity contribution in [3.05, 3.63) is 0 Å². The zero-order chi connectivity index (χ0) is 15.9. The van der Waals surface area contributed by atoms with Crippen LogP contribution in [0.4, 0.5) is 0 Å². The predicted molar refractivity (Wildman–Crippen MR) is 84.6 cm³/mol. The Labute approximate surface area is 128 Å². The number of carbonyl (C=O) groups excluding carboxylic acids is 1. The molecule has 1 aliphatic heterocycles. The van der Waals surface area contributed by atoms with Crippen molar-refractivity contribution in [2.24, 2.45) is 0 Å². The SMILES string of the molecule is CCCS(=O)(=O)N1CCC(NC(=O)CNC(C)CC)CC1. The van der Waals surface area contributed by atoms with Crippen LogP contribution < -0.4 is 10.6 Å². The molecule has 0 aliphatic carbocycles. The second-order valence-electron chi connectivity index (χ2n) is 5.75. The second kappa shape index (κ2) is 8.70. The van der Waals surface area contributed by atoms with Crippen molar-refractivity contribution in [3.63, 3.8) is 0 Å². The molecule has 1 saturated heterocycles. The van der Waals surface area contributed by atoms with Crippen molar-refractivity contribution in [2.45, 2.75) is 58.5 Å². The molecule has 1 atom stereocenters. The van der Waals surface area contributed by atoms with Crippen molar-refractivity contribution in [1.29, 1.82) is 0 Å². The largest absolute Gasteiger partial charge is 0.352 e. The van der Waals surface area contributed by atoms with Crippen molar-refractivity contribution in [1.82, 2.24) is 14.9 Å². The number of nitrogens with one attached hydrogen (secondary N) is 2. The molecular weight excluding hydrogens is 290 g/mol. The number of hydrogen-bond donors (Lipinski definition) is 2. The van der Waals surface area contributed by atoms with E-state index < -0.39 is 10.0 Å². The van der Waals surface area contributed by atoms with Crippen molar-refractivity contribution >= 4 is 15.9 Å². The fraction of sp³-hybridized carbons (Fsp3) is 0.929. The molecule has 0 aromatic carbocycles. The minimum absolute atomic E-state index is 0.00911. The van der Waals surface area contributed by atoms with Gasteiger partial charge in [-0.25, -0.2) is 12.7 Å². The van der Waals surface area contributed by atoms with Crippen molar-refractivity contribution < 1.29 is 13.2 Å². The number of hydrogen-bond acceptors (Lipinski definition) is 4. The fourth-order valence-electron chi connectivity index (χ4n) is 2.36. The van der Waals surface area contributed by atoms with E-state index in [2.05, 4.69) is 17.6 Å². The van der Waals surface area contributed by atoms with E-state index in [0.717, 1.165) is 6.42 Å². The monoisotopic (exact) mass is 319 g/mol. The molecule has 6 nitrogen and oxygen atoms in total. The molecule has 1 amide bonds. The first-order chi connectivity index (χ1) is 9.89. The lowest BCUT2D eigenvalue weighted by Crippen LogP contribution is -2.49. The quantitative estimate of drug-likeness (QED) is 0.690. The van der Waals surface area contributed by atoms with Crippen molar-refractivity contribution in [3.8, 4) is 0 Å². The lowest BCUT2D eigenvalue weighted by Gasteiger charge is -2.31. The molecule has 1 heterocycles. The summed E-state index contributed by atoms with van der Waals surface area (Å²) in [6, 6.07) is 0.418. The third kappa shape index (κ3) is 6.32. The van der Waals surface area contributed by atoms with Gasteiger partial charge >= 0.3 is 0 Å². The van der Waals surface area contributed by atoms with Gasteiger partial charge in [-0.3, -0.25) is 4.79 Å². The zero-order valence-electron chi connectivity index (χ0n) is 13.4. The van der Waals surface area contributed by atoms with Gasteiger partial charge < -0.3 is 10.6 Å². The molecule has 0 saturated carbocycles. The number of carbonyl (C=O) groups is 1. The van der Waals surface area contributed by atoms with E-state index in [1.165, 1.54) is 0 Å². The van der Waals surface area contributed by atoms with E-state index in [1.54, 1.807) is 4.31 Å². The maximum atomic E-state index is 12.0. The Morgan fingerprint density at radius 2 is 1.90 bits per heavy atom. The molecule has 0 aromatic rings. The van der Waals surface area contributed by atoms with Gasteiger partial charge in [-0.05, 0) is 32.6 Å². The van der Waals surface area contributed by atoms with E-state index in [4.69, 9.17) is 0 Å². The van der Waals surface area contributed by atoms with Crippen LogP contribution in [0.5, 0.6) is 0 Å². The van der Waals surface area contributed by atoms with Gasteiger partial charge in [-0.2, -0.15) is 0 Å². The summed E-state index contributed by atoms with van der Waals surface area (Å²) in [5, 5.41) is 6.13. The first-order valence-corrected chi connectivity index (χ1v) is 9.50. The van der Waals surface area contributed by atoms with Crippen molar-refractivity contribution in [2.75, 3.05) is 25.4 Å². The van der Waals surface area contributed by atoms with Crippen LogP contribution in [0.3, 0.4) is 0 Å². The highest BCUT2D eigenvalue weighted by Gasteiger charge is 2.27. The minimum Gasteiger partial charge on any atom is -0.352 e. The van der Waals surface area contributed by atoms with E-state index >= 15 is 0 Å². The maximum Gasteiger partial charge on any atom is 0.234 e. The second-order valence-corrected chi connectivity index (χ2v) is 7.84. The van der Waals surface area contributed by atoms with E-state index in [9.17, 15) is 13.2 Å². The van der Waals surface area contributed by atoms with E-state index in [1.807, 2.05) is 13.8 Å². The highest BCUT2D eigenvalue weighted by molar-refractivity contribution is 7.89. The first kappa shape index (κ1) is 18.4. The summed E-state index contributed by atoms with van der Waals surface area (Å²) >= 11 is 0. The molecule has 1 rings (SSSR count). The van der Waals surface area contributed by atoms with Gasteiger partial charge in [0.15, 0.2) is 0 Å². The molecule has 2 N–H and O–H groups in total. The summed E-state index contributed by atoms with van der Waals surface area (Å²) in [6.07, 6.45) is 3.01. The summed E-state index contributed by atoms with van der Waals surface area (Å²) in [4.78, 5) is 11.8. The summed E-state index contributed by atoms with van der Waals surface area (Å²) in [5.74, 6) is 0.202. The molecule has 0 aromatic heterocycles. The minimum atomic E-state index is -3.10. The molecule has 7 heteroatoms. The first-order valence-electron chi connectivity index (χ1n) is 7.89. The van der Waals surface area contributed by atoms with Crippen LogP contribution in [0.25, 0.3) is 0 Å². The van der Waals surface area contributed by atoms with Gasteiger partial charge in [0.1, 0.15) is 0 Å². The fourth-order valence-corrected chi connectivity index (χ4v) is 3.90. The van der Waals surface area contributed by atoms with Crippen LogP contribution in [0, 0.1) is 0 Å². The Hall–Kier alpha value is -0.660. The molecule has 124 valence electrons. The maximum absolute atomic E-state index is 12.0.